The lowest BCUT2D eigenvalue weighted by Gasteiger charge is -2.13. The molecule has 5 aromatic rings. The first-order chi connectivity index (χ1) is 25.9. The van der Waals surface area contributed by atoms with E-state index in [1.54, 1.807) is 48.5 Å². The number of thioether (sulfide) groups is 1. The third-order valence-electron chi connectivity index (χ3n) is 8.49. The molecule has 1 aliphatic carbocycles. The Kier molecular flexibility index (Phi) is 12.8. The predicted octanol–water partition coefficient (Wildman–Crippen LogP) is 8.52. The monoisotopic (exact) mass is 745 g/mol. The maximum Gasteiger partial charge on any atom is 0.341 e. The molecule has 4 aromatic carbocycles. The molecule has 11 heteroatoms. The molecule has 0 radical (unpaired) electrons. The molecule has 9 nitrogen and oxygen atoms in total. The Morgan fingerprint density at radius 3 is 2.30 bits per heavy atom. The molecule has 0 saturated heterocycles. The van der Waals surface area contributed by atoms with Crippen molar-refractivity contribution in [3.8, 4) is 5.75 Å². The minimum Gasteiger partial charge on any atom is -0.489 e. The van der Waals surface area contributed by atoms with Gasteiger partial charge in [-0.05, 0) is 90.9 Å². The lowest BCUT2D eigenvalue weighted by molar-refractivity contribution is -0.114. The molecule has 0 bridgehead atoms. The number of amides is 3. The summed E-state index contributed by atoms with van der Waals surface area (Å²) in [4.78, 5) is 54.5. The Balaban J connectivity index is 1.12. The van der Waals surface area contributed by atoms with Gasteiger partial charge in [-0.15, -0.1) is 23.1 Å². The first kappa shape index (κ1) is 37.1. The molecule has 6 rings (SSSR count). The van der Waals surface area contributed by atoms with Gasteiger partial charge in [0.1, 0.15) is 23.1 Å². The number of carbonyl (C=O) groups excluding carboxylic acids is 4. The molecule has 1 aliphatic rings. The van der Waals surface area contributed by atoms with Crippen LogP contribution in [0, 0.1) is 0 Å². The molecule has 3 amide bonds. The molecule has 0 fully saturated rings. The number of hydrogen-bond donors (Lipinski definition) is 3. The maximum atomic E-state index is 13.7. The van der Waals surface area contributed by atoms with Gasteiger partial charge in [0.05, 0.1) is 18.4 Å². The molecule has 0 spiro atoms. The average Bonchev–Trinajstić information content (AvgIpc) is 3.35. The summed E-state index contributed by atoms with van der Waals surface area (Å²) in [6.07, 6.45) is 6.45. The van der Waals surface area contributed by atoms with Crippen LogP contribution in [-0.4, -0.2) is 36.6 Å². The van der Waals surface area contributed by atoms with Crippen LogP contribution >= 0.6 is 23.1 Å². The Bertz CT molecular complexity index is 2100. The fourth-order valence-electron chi connectivity index (χ4n) is 5.83. The van der Waals surface area contributed by atoms with Crippen LogP contribution in [0.15, 0.2) is 120 Å². The van der Waals surface area contributed by atoms with Gasteiger partial charge in [-0.2, -0.15) is 0 Å². The second kappa shape index (κ2) is 18.2. The summed E-state index contributed by atoms with van der Waals surface area (Å²) < 4.78 is 11.0. The van der Waals surface area contributed by atoms with Gasteiger partial charge in [-0.3, -0.25) is 14.4 Å². The summed E-state index contributed by atoms with van der Waals surface area (Å²) >= 11 is 2.75. The van der Waals surface area contributed by atoms with Crippen LogP contribution < -0.4 is 20.7 Å². The summed E-state index contributed by atoms with van der Waals surface area (Å²) in [6, 6.07) is 32.9. The van der Waals surface area contributed by atoms with Gasteiger partial charge < -0.3 is 25.4 Å². The molecule has 0 aliphatic heterocycles. The van der Waals surface area contributed by atoms with Crippen molar-refractivity contribution in [2.75, 3.05) is 23.5 Å². The molecule has 0 saturated carbocycles. The van der Waals surface area contributed by atoms with Crippen LogP contribution in [0.1, 0.15) is 61.5 Å². The van der Waals surface area contributed by atoms with Crippen molar-refractivity contribution in [3.63, 3.8) is 0 Å². The van der Waals surface area contributed by atoms with Gasteiger partial charge in [0, 0.05) is 21.0 Å². The molecule has 0 unspecified atom stereocenters. The number of ether oxygens (including phenoxy) is 2. The van der Waals surface area contributed by atoms with E-state index in [0.29, 0.717) is 39.7 Å². The number of anilines is 2. The zero-order valence-electron chi connectivity index (χ0n) is 29.2. The van der Waals surface area contributed by atoms with E-state index in [0.717, 1.165) is 53.0 Å². The number of thiophene rings is 1. The van der Waals surface area contributed by atoms with Crippen LogP contribution in [0.2, 0.25) is 0 Å². The van der Waals surface area contributed by atoms with Gasteiger partial charge in [0.2, 0.25) is 5.91 Å². The average molecular weight is 746 g/mol. The number of hydrogen-bond acceptors (Lipinski definition) is 8. The summed E-state index contributed by atoms with van der Waals surface area (Å²) in [7, 11) is 1.35. The third kappa shape index (κ3) is 10.2. The van der Waals surface area contributed by atoms with Crippen molar-refractivity contribution in [1.29, 1.82) is 0 Å². The number of carbonyl (C=O) groups is 4. The van der Waals surface area contributed by atoms with Crippen LogP contribution in [0.5, 0.6) is 5.75 Å². The molecule has 53 heavy (non-hydrogen) atoms. The summed E-state index contributed by atoms with van der Waals surface area (Å²) in [5.74, 6) is -0.884. The Morgan fingerprint density at radius 2 is 1.55 bits per heavy atom. The third-order valence-corrected chi connectivity index (χ3v) is 10.7. The predicted molar refractivity (Wildman–Crippen MR) is 210 cm³/mol. The molecule has 0 atom stereocenters. The molecular weight excluding hydrogens is 707 g/mol. The minimum absolute atomic E-state index is 0.0463. The van der Waals surface area contributed by atoms with Gasteiger partial charge in [0.25, 0.3) is 11.8 Å². The van der Waals surface area contributed by atoms with E-state index in [1.165, 1.54) is 30.2 Å². The normalized spacial score (nSPS) is 12.5. The summed E-state index contributed by atoms with van der Waals surface area (Å²) in [5, 5.41) is 9.12. The van der Waals surface area contributed by atoms with Crippen molar-refractivity contribution in [2.24, 2.45) is 0 Å². The number of aryl methyl sites for hydroxylation is 1. The number of esters is 1. The number of rotatable bonds is 13. The minimum atomic E-state index is -0.522. The SMILES string of the molecule is COC(=O)c1c(NC(=O)CSc2cccc(NC(=O)/C(=C\c3ccc(OCc4ccccc4)cc3)NC(=O)c3ccccc3)c2)sc2c1CCCCC2. The number of methoxy groups -OCH3 is 1. The molecule has 3 N–H and O–H groups in total. The number of benzene rings is 4. The second-order valence-electron chi connectivity index (χ2n) is 12.3. The van der Waals surface area contributed by atoms with Crippen LogP contribution in [0.3, 0.4) is 0 Å². The quantitative estimate of drug-likeness (QED) is 0.0478. The van der Waals surface area contributed by atoms with Crippen LogP contribution in [-0.2, 0) is 33.8 Å². The van der Waals surface area contributed by atoms with Gasteiger partial charge >= 0.3 is 5.97 Å². The lowest BCUT2D eigenvalue weighted by Crippen LogP contribution is -2.30. The summed E-state index contributed by atoms with van der Waals surface area (Å²) in [6.45, 7) is 0.422. The number of nitrogens with one attached hydrogen (secondary N) is 3. The van der Waals surface area contributed by atoms with Crippen molar-refractivity contribution in [3.05, 3.63) is 148 Å². The van der Waals surface area contributed by atoms with Crippen LogP contribution in [0.4, 0.5) is 10.7 Å². The highest BCUT2D eigenvalue weighted by atomic mass is 32.2. The molecule has 270 valence electrons. The Hall–Kier alpha value is -5.65. The van der Waals surface area contributed by atoms with E-state index >= 15 is 0 Å². The Morgan fingerprint density at radius 1 is 0.811 bits per heavy atom. The van der Waals surface area contributed by atoms with Crippen molar-refractivity contribution >= 4 is 63.6 Å². The van der Waals surface area contributed by atoms with E-state index in [1.807, 2.05) is 66.7 Å². The van der Waals surface area contributed by atoms with E-state index in [4.69, 9.17) is 9.47 Å². The molecule has 1 aromatic heterocycles. The van der Waals surface area contributed by atoms with E-state index in [9.17, 15) is 19.2 Å². The van der Waals surface area contributed by atoms with Crippen molar-refractivity contribution in [1.82, 2.24) is 5.32 Å². The zero-order valence-corrected chi connectivity index (χ0v) is 30.8. The van der Waals surface area contributed by atoms with Crippen LogP contribution in [0.25, 0.3) is 6.08 Å². The van der Waals surface area contributed by atoms with E-state index in [2.05, 4.69) is 16.0 Å². The number of fused-ring (bicyclic) bond motifs is 1. The highest BCUT2D eigenvalue weighted by Crippen LogP contribution is 2.38. The van der Waals surface area contributed by atoms with Gasteiger partial charge in [0.15, 0.2) is 0 Å². The maximum absolute atomic E-state index is 13.7. The van der Waals surface area contributed by atoms with E-state index < -0.39 is 17.8 Å². The van der Waals surface area contributed by atoms with Gasteiger partial charge in [-0.1, -0.05) is 73.2 Å². The standard InChI is InChI=1S/C42H39N3O6S2/c1-50-42(49)38-34-18-9-4-10-19-36(34)53-41(38)45-37(46)27-52-33-17-11-16-31(25-33)43-40(48)35(44-39(47)30-14-7-3-8-15-30)24-28-20-22-32(23-21-28)51-26-29-12-5-2-6-13-29/h2-3,5-8,11-17,20-25H,4,9-10,18-19,26-27H2,1H3,(H,43,48)(H,44,47)(H,45,46)/b35-24+. The fourth-order valence-corrected chi connectivity index (χ4v) is 7.88. The van der Waals surface area contributed by atoms with Gasteiger partial charge in [-0.25, -0.2) is 4.79 Å². The molecule has 1 heterocycles. The van der Waals surface area contributed by atoms with E-state index in [-0.39, 0.29) is 17.4 Å². The summed E-state index contributed by atoms with van der Waals surface area (Å²) in [5.41, 5.74) is 4.13. The smallest absolute Gasteiger partial charge is 0.341 e. The van der Waals surface area contributed by atoms with Crippen molar-refractivity contribution < 1.29 is 28.7 Å². The topological polar surface area (TPSA) is 123 Å². The highest BCUT2D eigenvalue weighted by Gasteiger charge is 2.26. The van der Waals surface area contributed by atoms with Crippen molar-refractivity contribution in [2.45, 2.75) is 43.6 Å². The largest absolute Gasteiger partial charge is 0.489 e. The first-order valence-corrected chi connectivity index (χ1v) is 19.1. The molecular formula is C42H39N3O6S2. The Labute approximate surface area is 316 Å². The highest BCUT2D eigenvalue weighted by molar-refractivity contribution is 8.00. The second-order valence-corrected chi connectivity index (χ2v) is 14.5. The lowest BCUT2D eigenvalue weighted by atomic mass is 10.1. The first-order valence-electron chi connectivity index (χ1n) is 17.3. The zero-order chi connectivity index (χ0) is 37.0. The fraction of sp³-hybridized carbons (Fsp3) is 0.190.